The van der Waals surface area contributed by atoms with Crippen molar-refractivity contribution in [2.24, 2.45) is 0 Å². The molecule has 23 heavy (non-hydrogen) atoms. The van der Waals surface area contributed by atoms with E-state index in [0.29, 0.717) is 0 Å². The van der Waals surface area contributed by atoms with E-state index in [9.17, 15) is 0 Å². The van der Waals surface area contributed by atoms with Crippen LogP contribution < -0.4 is 0 Å². The Morgan fingerprint density at radius 2 is 1.43 bits per heavy atom. The Morgan fingerprint density at radius 3 is 2.04 bits per heavy atom. The Balaban J connectivity index is 1.36. The topological polar surface area (TPSA) is 44.7 Å². The van der Waals surface area contributed by atoms with E-state index < -0.39 is 0 Å². The lowest BCUT2D eigenvalue weighted by Gasteiger charge is -2.36. The van der Waals surface area contributed by atoms with Crippen LogP contribution >= 0.6 is 0 Å². The first-order valence-electron chi connectivity index (χ1n) is 8.88. The Morgan fingerprint density at radius 1 is 0.870 bits per heavy atom. The van der Waals surface area contributed by atoms with Crippen LogP contribution in [0.15, 0.2) is 12.4 Å². The minimum Gasteiger partial charge on any atom is -0.379 e. The van der Waals surface area contributed by atoms with Crippen LogP contribution in [-0.4, -0.2) is 90.2 Å². The van der Waals surface area contributed by atoms with E-state index in [1.807, 2.05) is 12.4 Å². The fourth-order valence-corrected chi connectivity index (χ4v) is 3.18. The average molecular weight is 319 g/mol. The Bertz CT molecular complexity index is 453. The molecule has 6 nitrogen and oxygen atoms in total. The number of aromatic nitrogens is 2. The monoisotopic (exact) mass is 319 g/mol. The third-order valence-corrected chi connectivity index (χ3v) is 4.78. The van der Waals surface area contributed by atoms with Gasteiger partial charge in [0.2, 0.25) is 0 Å². The molecule has 3 rings (SSSR count). The predicted octanol–water partition coefficient (Wildman–Crippen LogP) is 0.489. The van der Waals surface area contributed by atoms with Crippen LogP contribution in [0.1, 0.15) is 18.3 Å². The molecule has 1 aromatic heterocycles. The number of hydrogen-bond acceptors (Lipinski definition) is 6. The van der Waals surface area contributed by atoms with Crippen LogP contribution in [0, 0.1) is 0 Å². The normalized spacial score (nSPS) is 21.6. The number of piperazine rings is 1. The summed E-state index contributed by atoms with van der Waals surface area (Å²) in [4.78, 5) is 16.4. The standard InChI is InChI=1S/C17H29N5O/c1-2-17-18-13-16(14-19-17)15-22-7-5-20(6-8-22)3-4-21-9-11-23-12-10-21/h13-14H,2-12,15H2,1H3. The van der Waals surface area contributed by atoms with Crippen molar-refractivity contribution in [3.8, 4) is 0 Å². The minimum atomic E-state index is 0.896. The zero-order valence-corrected chi connectivity index (χ0v) is 14.3. The molecule has 2 aliphatic rings. The summed E-state index contributed by atoms with van der Waals surface area (Å²) in [7, 11) is 0. The molecule has 0 N–H and O–H groups in total. The number of morpholine rings is 1. The maximum Gasteiger partial charge on any atom is 0.127 e. The minimum absolute atomic E-state index is 0.896. The van der Waals surface area contributed by atoms with Gasteiger partial charge in [0.1, 0.15) is 5.82 Å². The maximum absolute atomic E-state index is 5.40. The van der Waals surface area contributed by atoms with Crippen molar-refractivity contribution < 1.29 is 4.74 Å². The number of hydrogen-bond donors (Lipinski definition) is 0. The van der Waals surface area contributed by atoms with Crippen LogP contribution in [0.2, 0.25) is 0 Å². The summed E-state index contributed by atoms with van der Waals surface area (Å²) in [5.74, 6) is 0.932. The second kappa shape index (κ2) is 8.68. The lowest BCUT2D eigenvalue weighted by Crippen LogP contribution is -2.49. The first-order valence-corrected chi connectivity index (χ1v) is 8.88. The third-order valence-electron chi connectivity index (χ3n) is 4.78. The van der Waals surface area contributed by atoms with E-state index in [-0.39, 0.29) is 0 Å². The molecule has 6 heteroatoms. The Kier molecular flexibility index (Phi) is 6.33. The molecule has 0 spiro atoms. The third kappa shape index (κ3) is 5.21. The van der Waals surface area contributed by atoms with Gasteiger partial charge in [0.15, 0.2) is 0 Å². The number of nitrogens with zero attached hydrogens (tertiary/aromatic N) is 5. The van der Waals surface area contributed by atoms with Crippen molar-refractivity contribution >= 4 is 0 Å². The highest BCUT2D eigenvalue weighted by Crippen LogP contribution is 2.08. The van der Waals surface area contributed by atoms with E-state index in [1.54, 1.807) is 0 Å². The number of aryl methyl sites for hydroxylation is 1. The molecular formula is C17H29N5O. The second-order valence-electron chi connectivity index (χ2n) is 6.43. The van der Waals surface area contributed by atoms with E-state index in [1.165, 1.54) is 18.7 Å². The zero-order chi connectivity index (χ0) is 15.9. The van der Waals surface area contributed by atoms with E-state index in [2.05, 4.69) is 31.6 Å². The molecule has 0 bridgehead atoms. The average Bonchev–Trinajstić information content (AvgIpc) is 2.63. The van der Waals surface area contributed by atoms with Crippen LogP contribution in [0.25, 0.3) is 0 Å². The predicted molar refractivity (Wildman–Crippen MR) is 90.4 cm³/mol. The summed E-state index contributed by atoms with van der Waals surface area (Å²) in [5.41, 5.74) is 1.23. The van der Waals surface area contributed by atoms with Crippen molar-refractivity contribution in [3.05, 3.63) is 23.8 Å². The molecule has 0 amide bonds. The summed E-state index contributed by atoms with van der Waals surface area (Å²) < 4.78 is 5.40. The molecule has 0 atom stereocenters. The van der Waals surface area contributed by atoms with Gasteiger partial charge in [-0.05, 0) is 0 Å². The van der Waals surface area contributed by atoms with Gasteiger partial charge in [-0.15, -0.1) is 0 Å². The van der Waals surface area contributed by atoms with Crippen molar-refractivity contribution in [2.45, 2.75) is 19.9 Å². The maximum atomic E-state index is 5.40. The van der Waals surface area contributed by atoms with Crippen LogP contribution in [0.5, 0.6) is 0 Å². The van der Waals surface area contributed by atoms with Crippen LogP contribution in [0.4, 0.5) is 0 Å². The molecule has 2 fully saturated rings. The van der Waals surface area contributed by atoms with E-state index in [0.717, 1.165) is 71.3 Å². The van der Waals surface area contributed by atoms with Crippen molar-refractivity contribution in [1.29, 1.82) is 0 Å². The molecule has 0 saturated carbocycles. The molecular weight excluding hydrogens is 290 g/mol. The summed E-state index contributed by atoms with van der Waals surface area (Å²) in [6.07, 6.45) is 4.87. The smallest absolute Gasteiger partial charge is 0.127 e. The largest absolute Gasteiger partial charge is 0.379 e. The lowest BCUT2D eigenvalue weighted by molar-refractivity contribution is 0.0296. The molecule has 0 unspecified atom stereocenters. The molecule has 3 heterocycles. The highest BCUT2D eigenvalue weighted by atomic mass is 16.5. The molecule has 0 radical (unpaired) electrons. The van der Waals surface area contributed by atoms with E-state index in [4.69, 9.17) is 4.74 Å². The number of ether oxygens (including phenoxy) is 1. The fraction of sp³-hybridized carbons (Fsp3) is 0.765. The zero-order valence-electron chi connectivity index (χ0n) is 14.3. The van der Waals surface area contributed by atoms with Gasteiger partial charge in [-0.25, -0.2) is 9.97 Å². The van der Waals surface area contributed by atoms with Gasteiger partial charge in [0, 0.05) is 83.3 Å². The summed E-state index contributed by atoms with van der Waals surface area (Å²) >= 11 is 0. The second-order valence-corrected chi connectivity index (χ2v) is 6.43. The molecule has 2 aliphatic heterocycles. The Hall–Kier alpha value is -1.08. The summed E-state index contributed by atoms with van der Waals surface area (Å²) in [6.45, 7) is 14.0. The molecule has 128 valence electrons. The fourth-order valence-electron chi connectivity index (χ4n) is 3.18. The van der Waals surface area contributed by atoms with Gasteiger partial charge in [0.25, 0.3) is 0 Å². The van der Waals surface area contributed by atoms with Gasteiger partial charge < -0.3 is 4.74 Å². The molecule has 0 aromatic carbocycles. The SMILES string of the molecule is CCc1ncc(CN2CCN(CCN3CCOCC3)CC2)cn1. The number of rotatable bonds is 6. The lowest BCUT2D eigenvalue weighted by atomic mass is 10.2. The molecule has 2 saturated heterocycles. The van der Waals surface area contributed by atoms with Crippen molar-refractivity contribution in [1.82, 2.24) is 24.7 Å². The highest BCUT2D eigenvalue weighted by Gasteiger charge is 2.18. The first kappa shape index (κ1) is 16.8. The summed E-state index contributed by atoms with van der Waals surface area (Å²) in [5, 5.41) is 0. The first-order chi connectivity index (χ1) is 11.3. The van der Waals surface area contributed by atoms with Gasteiger partial charge in [-0.1, -0.05) is 6.92 Å². The highest BCUT2D eigenvalue weighted by molar-refractivity contribution is 5.05. The molecule has 0 aliphatic carbocycles. The van der Waals surface area contributed by atoms with Crippen molar-refractivity contribution in [3.63, 3.8) is 0 Å². The van der Waals surface area contributed by atoms with Crippen LogP contribution in [-0.2, 0) is 17.7 Å². The van der Waals surface area contributed by atoms with Crippen LogP contribution in [0.3, 0.4) is 0 Å². The van der Waals surface area contributed by atoms with Gasteiger partial charge in [0.05, 0.1) is 13.2 Å². The van der Waals surface area contributed by atoms with E-state index >= 15 is 0 Å². The Labute approximate surface area is 139 Å². The van der Waals surface area contributed by atoms with Crippen molar-refractivity contribution in [2.75, 3.05) is 65.6 Å². The summed E-state index contributed by atoms with van der Waals surface area (Å²) in [6, 6.07) is 0. The quantitative estimate of drug-likeness (QED) is 0.760. The van der Waals surface area contributed by atoms with Gasteiger partial charge in [-0.3, -0.25) is 14.7 Å². The van der Waals surface area contributed by atoms with Gasteiger partial charge in [-0.2, -0.15) is 0 Å². The molecule has 1 aromatic rings. The van der Waals surface area contributed by atoms with Gasteiger partial charge >= 0.3 is 0 Å².